The van der Waals surface area contributed by atoms with Crippen molar-refractivity contribution in [3.63, 3.8) is 0 Å². The van der Waals surface area contributed by atoms with Crippen molar-refractivity contribution in [2.45, 2.75) is 64.4 Å². The molecule has 0 spiro atoms. The molecule has 2 aromatic rings. The molecule has 8 nitrogen and oxygen atoms in total. The van der Waals surface area contributed by atoms with Crippen molar-refractivity contribution in [2.24, 2.45) is 5.92 Å². The highest BCUT2D eigenvalue weighted by Gasteiger charge is 2.31. The van der Waals surface area contributed by atoms with Crippen LogP contribution in [0.4, 0.5) is 5.69 Å². The van der Waals surface area contributed by atoms with E-state index in [9.17, 15) is 18.0 Å². The van der Waals surface area contributed by atoms with E-state index in [1.54, 1.807) is 0 Å². The van der Waals surface area contributed by atoms with Gasteiger partial charge in [-0.15, -0.1) is 0 Å². The molecule has 0 atom stereocenters. The normalized spacial score (nSPS) is 13.9. The number of hydrogen-bond donors (Lipinski definition) is 2. The van der Waals surface area contributed by atoms with E-state index < -0.39 is 15.4 Å². The number of aryl methyl sites for hydroxylation is 3. The topological polar surface area (TPSA) is 124 Å². The maximum absolute atomic E-state index is 12.9. The smallest absolute Gasteiger partial charge is 0.275 e. The van der Waals surface area contributed by atoms with E-state index in [2.05, 4.69) is 10.3 Å². The van der Waals surface area contributed by atoms with E-state index in [0.29, 0.717) is 25.1 Å². The van der Waals surface area contributed by atoms with Gasteiger partial charge in [0.05, 0.1) is 10.6 Å². The van der Waals surface area contributed by atoms with Crippen LogP contribution in [0.25, 0.3) is 0 Å². The molecule has 31 heavy (non-hydrogen) atoms. The number of carbonyl (C=O) groups excluding carboxylic acids is 1. The lowest BCUT2D eigenvalue weighted by atomic mass is 10.2. The summed E-state index contributed by atoms with van der Waals surface area (Å²) < 4.78 is 26.8. The lowest BCUT2D eigenvalue weighted by molar-refractivity contribution is -0.121. The Bertz CT molecular complexity index is 1150. The molecule has 1 saturated carbocycles. The van der Waals surface area contributed by atoms with Gasteiger partial charge in [0.1, 0.15) is 12.2 Å². The maximum Gasteiger partial charge on any atom is 0.275 e. The second-order valence-electron chi connectivity index (χ2n) is 8.25. The lowest BCUT2D eigenvalue weighted by Crippen LogP contribution is -2.35. The summed E-state index contributed by atoms with van der Waals surface area (Å²) in [6.07, 6.45) is 2.93. The van der Waals surface area contributed by atoms with Crippen LogP contribution < -0.4 is 16.6 Å². The van der Waals surface area contributed by atoms with Crippen molar-refractivity contribution < 1.29 is 13.2 Å². The molecule has 3 N–H and O–H groups in total. The van der Waals surface area contributed by atoms with Crippen molar-refractivity contribution in [1.82, 2.24) is 14.9 Å². The van der Waals surface area contributed by atoms with E-state index in [1.807, 2.05) is 32.9 Å². The summed E-state index contributed by atoms with van der Waals surface area (Å²) in [5, 5.41) is 2.81. The van der Waals surface area contributed by atoms with Gasteiger partial charge >= 0.3 is 0 Å². The standard InChI is InChI=1S/C22H30N4O4S/c1-4-5-18-10-19(31(29,30)13-16-7-8-16)21(23)22(28)26(18)12-20(27)24-11-17-9-6-14(2)25-15(17)3/h6,9-10,16H,4-5,7-8,11-13,23H2,1-3H3,(H,24,27). The molecule has 0 aromatic carbocycles. The highest BCUT2D eigenvalue weighted by Crippen LogP contribution is 2.33. The predicted molar refractivity (Wildman–Crippen MR) is 119 cm³/mol. The molecule has 0 aliphatic heterocycles. The van der Waals surface area contributed by atoms with Gasteiger partial charge in [-0.2, -0.15) is 0 Å². The number of nitrogens with one attached hydrogen (secondary N) is 1. The third kappa shape index (κ3) is 5.52. The first kappa shape index (κ1) is 23.0. The Balaban J connectivity index is 1.83. The van der Waals surface area contributed by atoms with E-state index in [-0.39, 0.29) is 34.7 Å². The Labute approximate surface area is 182 Å². The predicted octanol–water partition coefficient (Wildman–Crippen LogP) is 1.89. The number of hydrogen-bond acceptors (Lipinski definition) is 6. The number of aromatic nitrogens is 2. The van der Waals surface area contributed by atoms with Gasteiger partial charge in [-0.3, -0.25) is 14.6 Å². The van der Waals surface area contributed by atoms with Crippen LogP contribution in [-0.2, 0) is 34.1 Å². The van der Waals surface area contributed by atoms with E-state index >= 15 is 0 Å². The van der Waals surface area contributed by atoms with E-state index in [1.165, 1.54) is 10.6 Å². The lowest BCUT2D eigenvalue weighted by Gasteiger charge is -2.16. The Morgan fingerprint density at radius 3 is 2.61 bits per heavy atom. The molecule has 2 aromatic heterocycles. The average Bonchev–Trinajstić information content (AvgIpc) is 3.50. The summed E-state index contributed by atoms with van der Waals surface area (Å²) in [4.78, 5) is 29.8. The molecule has 0 radical (unpaired) electrons. The summed E-state index contributed by atoms with van der Waals surface area (Å²) in [7, 11) is -3.64. The number of amides is 1. The summed E-state index contributed by atoms with van der Waals surface area (Å²) in [6, 6.07) is 5.25. The third-order valence-corrected chi connectivity index (χ3v) is 7.41. The molecule has 3 rings (SSSR count). The monoisotopic (exact) mass is 446 g/mol. The summed E-state index contributed by atoms with van der Waals surface area (Å²) in [5.74, 6) is -0.198. The fourth-order valence-corrected chi connectivity index (χ4v) is 5.43. The van der Waals surface area contributed by atoms with Gasteiger partial charge in [0.2, 0.25) is 5.91 Å². The van der Waals surface area contributed by atoms with Gasteiger partial charge in [0.25, 0.3) is 5.56 Å². The third-order valence-electron chi connectivity index (χ3n) is 5.49. The number of anilines is 1. The first-order valence-electron chi connectivity index (χ1n) is 10.6. The Morgan fingerprint density at radius 2 is 2.00 bits per heavy atom. The van der Waals surface area contributed by atoms with Crippen molar-refractivity contribution in [3.8, 4) is 0 Å². The van der Waals surface area contributed by atoms with Crippen molar-refractivity contribution in [3.05, 3.63) is 51.2 Å². The quantitative estimate of drug-likeness (QED) is 0.606. The fraction of sp³-hybridized carbons (Fsp3) is 0.500. The van der Waals surface area contributed by atoms with Gasteiger partial charge in [-0.25, -0.2) is 8.42 Å². The van der Waals surface area contributed by atoms with Crippen LogP contribution in [0.5, 0.6) is 0 Å². The van der Waals surface area contributed by atoms with Crippen LogP contribution >= 0.6 is 0 Å². The molecule has 1 aliphatic rings. The molecule has 0 bridgehead atoms. The minimum absolute atomic E-state index is 0.0106. The minimum atomic E-state index is -3.64. The summed E-state index contributed by atoms with van der Waals surface area (Å²) >= 11 is 0. The van der Waals surface area contributed by atoms with Gasteiger partial charge < -0.3 is 15.6 Å². The van der Waals surface area contributed by atoms with Crippen LogP contribution in [0.2, 0.25) is 0 Å². The van der Waals surface area contributed by atoms with Gasteiger partial charge in [-0.1, -0.05) is 19.4 Å². The maximum atomic E-state index is 12.9. The molecular formula is C22H30N4O4S. The molecule has 2 heterocycles. The van der Waals surface area contributed by atoms with Crippen molar-refractivity contribution >= 4 is 21.4 Å². The number of sulfone groups is 1. The van der Waals surface area contributed by atoms with Crippen LogP contribution in [0, 0.1) is 19.8 Å². The molecule has 1 aliphatic carbocycles. The highest BCUT2D eigenvalue weighted by atomic mass is 32.2. The number of carbonyl (C=O) groups is 1. The minimum Gasteiger partial charge on any atom is -0.393 e. The number of nitrogens with zero attached hydrogens (tertiary/aromatic N) is 2. The molecule has 0 saturated heterocycles. The molecule has 1 amide bonds. The zero-order valence-corrected chi connectivity index (χ0v) is 19.1. The number of nitrogen functional groups attached to an aromatic ring is 1. The SMILES string of the molecule is CCCc1cc(S(=O)(=O)CC2CC2)c(N)c(=O)n1CC(=O)NCc1ccc(C)nc1C. The van der Waals surface area contributed by atoms with E-state index in [4.69, 9.17) is 5.73 Å². The molecule has 9 heteroatoms. The molecular weight excluding hydrogens is 416 g/mol. The first-order valence-corrected chi connectivity index (χ1v) is 12.2. The van der Waals surface area contributed by atoms with Crippen LogP contribution in [-0.4, -0.2) is 29.6 Å². The van der Waals surface area contributed by atoms with Crippen LogP contribution in [0.3, 0.4) is 0 Å². The number of nitrogens with two attached hydrogens (primary N) is 1. The Morgan fingerprint density at radius 1 is 1.29 bits per heavy atom. The second-order valence-corrected chi connectivity index (χ2v) is 10.3. The molecule has 168 valence electrons. The fourth-order valence-electron chi connectivity index (χ4n) is 3.56. The molecule has 0 unspecified atom stereocenters. The first-order chi connectivity index (χ1) is 14.6. The zero-order valence-electron chi connectivity index (χ0n) is 18.3. The van der Waals surface area contributed by atoms with Gasteiger partial charge in [-0.05, 0) is 56.7 Å². The summed E-state index contributed by atoms with van der Waals surface area (Å²) in [5.41, 5.74) is 8.12. The average molecular weight is 447 g/mol. The summed E-state index contributed by atoms with van der Waals surface area (Å²) in [6.45, 7) is 5.77. The van der Waals surface area contributed by atoms with Crippen molar-refractivity contribution in [2.75, 3.05) is 11.5 Å². The van der Waals surface area contributed by atoms with E-state index in [0.717, 1.165) is 29.8 Å². The van der Waals surface area contributed by atoms with Crippen LogP contribution in [0.1, 0.15) is 48.8 Å². The Hall–Kier alpha value is -2.68. The van der Waals surface area contributed by atoms with Gasteiger partial charge in [0, 0.05) is 23.6 Å². The zero-order chi connectivity index (χ0) is 22.8. The highest BCUT2D eigenvalue weighted by molar-refractivity contribution is 7.91. The Kier molecular flexibility index (Phi) is 6.83. The molecule has 1 fully saturated rings. The van der Waals surface area contributed by atoms with Crippen molar-refractivity contribution in [1.29, 1.82) is 0 Å². The number of rotatable bonds is 9. The van der Waals surface area contributed by atoms with Gasteiger partial charge in [0.15, 0.2) is 9.84 Å². The van der Waals surface area contributed by atoms with Crippen LogP contribution in [0.15, 0.2) is 27.9 Å². The second kappa shape index (κ2) is 9.21. The number of pyridine rings is 2. The largest absolute Gasteiger partial charge is 0.393 e.